The zero-order chi connectivity index (χ0) is 10.7. The van der Waals surface area contributed by atoms with Crippen molar-refractivity contribution in [2.24, 2.45) is 5.92 Å². The molecular weight excluding hydrogens is 210 g/mol. The first-order valence-corrected chi connectivity index (χ1v) is 6.28. The second-order valence-electron chi connectivity index (χ2n) is 4.26. The molecule has 5 heteroatoms. The van der Waals surface area contributed by atoms with Crippen LogP contribution in [0.1, 0.15) is 26.7 Å². The van der Waals surface area contributed by atoms with E-state index in [0.29, 0.717) is 18.1 Å². The van der Waals surface area contributed by atoms with Crippen molar-refractivity contribution in [3.63, 3.8) is 0 Å². The molecule has 4 nitrogen and oxygen atoms in total. The van der Waals surface area contributed by atoms with Crippen LogP contribution in [0.25, 0.3) is 0 Å². The van der Waals surface area contributed by atoms with Crippen LogP contribution in [0.2, 0.25) is 0 Å². The Labute approximate surface area is 94.1 Å². The molecule has 2 atom stereocenters. The number of ether oxygens (including phenoxy) is 1. The van der Waals surface area contributed by atoms with Gasteiger partial charge < -0.3 is 10.1 Å². The van der Waals surface area contributed by atoms with Crippen LogP contribution in [0.3, 0.4) is 0 Å². The lowest BCUT2D eigenvalue weighted by atomic mass is 9.95. The highest BCUT2D eigenvalue weighted by molar-refractivity contribution is 7.13. The third-order valence-corrected chi connectivity index (χ3v) is 3.37. The van der Waals surface area contributed by atoms with Gasteiger partial charge in [-0.05, 0) is 18.8 Å². The Balaban J connectivity index is 1.88. The molecule has 0 spiro atoms. The number of anilines is 1. The van der Waals surface area contributed by atoms with Gasteiger partial charge in [0.1, 0.15) is 5.51 Å². The minimum Gasteiger partial charge on any atom is -0.378 e. The number of hydrogen-bond donors (Lipinski definition) is 1. The molecule has 1 aliphatic rings. The van der Waals surface area contributed by atoms with E-state index in [9.17, 15) is 0 Å². The van der Waals surface area contributed by atoms with Gasteiger partial charge >= 0.3 is 0 Å². The van der Waals surface area contributed by atoms with Crippen molar-refractivity contribution in [3.05, 3.63) is 5.51 Å². The first-order valence-electron chi connectivity index (χ1n) is 5.40. The minimum atomic E-state index is 0.379. The molecule has 0 aromatic carbocycles. The van der Waals surface area contributed by atoms with Crippen LogP contribution in [0.5, 0.6) is 0 Å². The minimum absolute atomic E-state index is 0.379. The Bertz CT molecular complexity index is 289. The lowest BCUT2D eigenvalue weighted by molar-refractivity contribution is -0.0160. The molecule has 0 amide bonds. The third kappa shape index (κ3) is 2.89. The van der Waals surface area contributed by atoms with Gasteiger partial charge in [0.05, 0.1) is 6.10 Å². The maximum Gasteiger partial charge on any atom is 0.205 e. The van der Waals surface area contributed by atoms with Crippen LogP contribution in [0, 0.1) is 5.92 Å². The van der Waals surface area contributed by atoms with Crippen LogP contribution in [0.4, 0.5) is 5.13 Å². The van der Waals surface area contributed by atoms with E-state index in [0.717, 1.165) is 24.6 Å². The Morgan fingerprint density at radius 1 is 1.60 bits per heavy atom. The molecule has 84 valence electrons. The topological polar surface area (TPSA) is 47.0 Å². The molecule has 2 unspecified atom stereocenters. The van der Waals surface area contributed by atoms with E-state index in [2.05, 4.69) is 29.4 Å². The maximum absolute atomic E-state index is 5.72. The van der Waals surface area contributed by atoms with Crippen LogP contribution in [0.15, 0.2) is 5.51 Å². The van der Waals surface area contributed by atoms with E-state index in [4.69, 9.17) is 4.74 Å². The van der Waals surface area contributed by atoms with Gasteiger partial charge in [-0.1, -0.05) is 25.2 Å². The predicted molar refractivity (Wildman–Crippen MR) is 61.1 cm³/mol. The molecule has 1 N–H and O–H groups in total. The summed E-state index contributed by atoms with van der Waals surface area (Å²) in [6.45, 7) is 5.26. The molecule has 1 aromatic heterocycles. The normalized spacial score (nSPS) is 26.9. The molecule has 0 saturated carbocycles. The van der Waals surface area contributed by atoms with Gasteiger partial charge in [0.15, 0.2) is 0 Å². The second kappa shape index (κ2) is 4.90. The Kier molecular flexibility index (Phi) is 3.53. The fourth-order valence-corrected chi connectivity index (χ4v) is 2.36. The summed E-state index contributed by atoms with van der Waals surface area (Å²) in [6.07, 6.45) is 2.50. The summed E-state index contributed by atoms with van der Waals surface area (Å²) in [5, 5.41) is 12.1. The average molecular weight is 227 g/mol. The number of rotatable bonds is 3. The smallest absolute Gasteiger partial charge is 0.205 e. The van der Waals surface area contributed by atoms with Gasteiger partial charge in [0.2, 0.25) is 5.13 Å². The summed E-state index contributed by atoms with van der Waals surface area (Å²) in [7, 11) is 0. The molecule has 1 fully saturated rings. The monoisotopic (exact) mass is 227 g/mol. The number of hydrogen-bond acceptors (Lipinski definition) is 5. The molecule has 1 aromatic rings. The van der Waals surface area contributed by atoms with Crippen molar-refractivity contribution in [2.45, 2.75) is 38.8 Å². The molecule has 2 heterocycles. The van der Waals surface area contributed by atoms with Crippen molar-refractivity contribution >= 4 is 16.5 Å². The quantitative estimate of drug-likeness (QED) is 0.859. The fourth-order valence-electron chi connectivity index (χ4n) is 1.83. The van der Waals surface area contributed by atoms with E-state index < -0.39 is 0 Å². The summed E-state index contributed by atoms with van der Waals surface area (Å²) in [6, 6.07) is 0.485. The second-order valence-corrected chi connectivity index (χ2v) is 5.10. The number of aromatic nitrogens is 2. The van der Waals surface area contributed by atoms with Gasteiger partial charge in [-0.2, -0.15) is 0 Å². The highest BCUT2D eigenvalue weighted by Crippen LogP contribution is 2.23. The molecule has 1 aliphatic heterocycles. The highest BCUT2D eigenvalue weighted by atomic mass is 32.1. The van der Waals surface area contributed by atoms with Crippen molar-refractivity contribution in [1.29, 1.82) is 0 Å². The first-order chi connectivity index (χ1) is 7.25. The van der Waals surface area contributed by atoms with Gasteiger partial charge in [0, 0.05) is 12.6 Å². The van der Waals surface area contributed by atoms with E-state index in [1.54, 1.807) is 16.8 Å². The van der Waals surface area contributed by atoms with Crippen molar-refractivity contribution in [1.82, 2.24) is 10.2 Å². The van der Waals surface area contributed by atoms with Gasteiger partial charge in [-0.25, -0.2) is 0 Å². The molecule has 0 radical (unpaired) electrons. The zero-order valence-electron chi connectivity index (χ0n) is 9.14. The maximum atomic E-state index is 5.72. The van der Waals surface area contributed by atoms with Gasteiger partial charge in [0.25, 0.3) is 0 Å². The van der Waals surface area contributed by atoms with Gasteiger partial charge in [-0.15, -0.1) is 10.2 Å². The van der Waals surface area contributed by atoms with Gasteiger partial charge in [-0.3, -0.25) is 0 Å². The number of nitrogens with one attached hydrogen (secondary N) is 1. The van der Waals surface area contributed by atoms with E-state index in [-0.39, 0.29) is 0 Å². The first kappa shape index (κ1) is 10.8. The molecule has 0 bridgehead atoms. The molecule has 0 aliphatic carbocycles. The Morgan fingerprint density at radius 3 is 3.13 bits per heavy atom. The summed E-state index contributed by atoms with van der Waals surface area (Å²) in [4.78, 5) is 0. The lowest BCUT2D eigenvalue weighted by Gasteiger charge is -2.32. The van der Waals surface area contributed by atoms with E-state index >= 15 is 0 Å². The molecule has 15 heavy (non-hydrogen) atoms. The molecule has 2 rings (SSSR count). The summed E-state index contributed by atoms with van der Waals surface area (Å²) >= 11 is 1.55. The summed E-state index contributed by atoms with van der Waals surface area (Å²) in [5.74, 6) is 0.587. The fraction of sp³-hybridized carbons (Fsp3) is 0.800. The van der Waals surface area contributed by atoms with Crippen LogP contribution in [-0.2, 0) is 4.74 Å². The van der Waals surface area contributed by atoms with E-state index in [1.807, 2.05) is 0 Å². The van der Waals surface area contributed by atoms with Crippen molar-refractivity contribution in [2.75, 3.05) is 11.9 Å². The largest absolute Gasteiger partial charge is 0.378 e. The SMILES string of the molecule is CC(C)C1CC(Nc2nncs2)CCO1. The molecule has 1 saturated heterocycles. The van der Waals surface area contributed by atoms with Crippen molar-refractivity contribution in [3.8, 4) is 0 Å². The lowest BCUT2D eigenvalue weighted by Crippen LogP contribution is -2.36. The van der Waals surface area contributed by atoms with Crippen molar-refractivity contribution < 1.29 is 4.74 Å². The summed E-state index contributed by atoms with van der Waals surface area (Å²) in [5.41, 5.74) is 1.75. The highest BCUT2D eigenvalue weighted by Gasteiger charge is 2.25. The third-order valence-electron chi connectivity index (χ3n) is 2.75. The Hall–Kier alpha value is -0.680. The zero-order valence-corrected chi connectivity index (χ0v) is 9.96. The average Bonchev–Trinajstić information content (AvgIpc) is 2.71. The van der Waals surface area contributed by atoms with Crippen LogP contribution in [-0.4, -0.2) is 29.0 Å². The Morgan fingerprint density at radius 2 is 2.47 bits per heavy atom. The van der Waals surface area contributed by atoms with E-state index in [1.165, 1.54) is 0 Å². The molecular formula is C10H17N3OS. The predicted octanol–water partition coefficient (Wildman–Crippen LogP) is 2.15. The van der Waals surface area contributed by atoms with Crippen LogP contribution < -0.4 is 5.32 Å². The van der Waals surface area contributed by atoms with Crippen LogP contribution >= 0.6 is 11.3 Å². The summed E-state index contributed by atoms with van der Waals surface area (Å²) < 4.78 is 5.72. The number of nitrogens with zero attached hydrogens (tertiary/aromatic N) is 2. The standard InChI is InChI=1S/C10H17N3OS/c1-7(2)9-5-8(3-4-14-9)12-10-13-11-6-15-10/h6-9H,3-5H2,1-2H3,(H,12,13).